The number of hydrogen-bond acceptors (Lipinski definition) is 3. The first-order chi connectivity index (χ1) is 6.26. The van der Waals surface area contributed by atoms with E-state index in [-0.39, 0.29) is 6.04 Å². The fourth-order valence-electron chi connectivity index (χ4n) is 0.976. The minimum atomic E-state index is -3.70. The fraction of sp³-hybridized carbons (Fsp3) is 1.00. The third-order valence-corrected chi connectivity index (χ3v) is 3.56. The normalized spacial score (nSPS) is 27.7. The van der Waals surface area contributed by atoms with Crippen molar-refractivity contribution in [3.63, 3.8) is 0 Å². The van der Waals surface area contributed by atoms with E-state index in [1.165, 1.54) is 4.31 Å². The Balaban J connectivity index is 2.45. The molecule has 0 spiro atoms. The lowest BCUT2D eigenvalue weighted by molar-refractivity contribution is 0.304. The molecule has 1 saturated heterocycles. The minimum Gasteiger partial charge on any atom is -0.253 e. The lowest BCUT2D eigenvalue weighted by atomic mass is 10.4. The quantitative estimate of drug-likeness (QED) is 0.582. The van der Waals surface area contributed by atoms with Crippen LogP contribution in [0, 0.1) is 0 Å². The van der Waals surface area contributed by atoms with Gasteiger partial charge >= 0.3 is 10.3 Å². The highest BCUT2D eigenvalue weighted by molar-refractivity contribution is 7.84. The van der Waals surface area contributed by atoms with Gasteiger partial charge in [-0.3, -0.25) is 4.18 Å². The van der Waals surface area contributed by atoms with Crippen molar-refractivity contribution in [2.24, 2.45) is 0 Å². The van der Waals surface area contributed by atoms with Crippen LogP contribution in [0.4, 0.5) is 0 Å². The van der Waals surface area contributed by atoms with Crippen molar-refractivity contribution in [1.82, 2.24) is 4.31 Å². The molecular formula is C6H10Cl3NO3S. The van der Waals surface area contributed by atoms with Crippen molar-refractivity contribution in [2.45, 2.75) is 23.2 Å². The highest BCUT2D eigenvalue weighted by Gasteiger charge is 2.44. The molecule has 2 atom stereocenters. The SMILES string of the molecule is CCC1CN1S(=O)(=O)OCC(Cl)(Cl)Cl. The van der Waals surface area contributed by atoms with Crippen LogP contribution in [0.2, 0.25) is 0 Å². The number of alkyl halides is 3. The Morgan fingerprint density at radius 1 is 1.50 bits per heavy atom. The van der Waals surface area contributed by atoms with Crippen molar-refractivity contribution >= 4 is 45.1 Å². The maximum absolute atomic E-state index is 11.3. The largest absolute Gasteiger partial charge is 0.338 e. The van der Waals surface area contributed by atoms with Gasteiger partial charge in [-0.25, -0.2) is 0 Å². The van der Waals surface area contributed by atoms with E-state index in [9.17, 15) is 8.42 Å². The van der Waals surface area contributed by atoms with Gasteiger partial charge in [-0.05, 0) is 6.42 Å². The number of halogens is 3. The van der Waals surface area contributed by atoms with E-state index < -0.39 is 20.7 Å². The summed E-state index contributed by atoms with van der Waals surface area (Å²) >= 11 is 16.1. The average molecular weight is 283 g/mol. The van der Waals surface area contributed by atoms with Crippen molar-refractivity contribution in [3.8, 4) is 0 Å². The van der Waals surface area contributed by atoms with Crippen LogP contribution in [0.15, 0.2) is 0 Å². The minimum absolute atomic E-state index is 0.0374. The van der Waals surface area contributed by atoms with Crippen LogP contribution in [0.3, 0.4) is 0 Å². The lowest BCUT2D eigenvalue weighted by Crippen LogP contribution is -2.23. The molecule has 2 unspecified atom stereocenters. The summed E-state index contributed by atoms with van der Waals surface area (Å²) in [5.41, 5.74) is 0. The van der Waals surface area contributed by atoms with Gasteiger partial charge in [0.25, 0.3) is 0 Å². The first-order valence-electron chi connectivity index (χ1n) is 3.99. The molecule has 0 amide bonds. The Kier molecular flexibility index (Phi) is 3.95. The lowest BCUT2D eigenvalue weighted by Gasteiger charge is -2.11. The van der Waals surface area contributed by atoms with E-state index in [0.717, 1.165) is 6.42 Å². The molecule has 1 fully saturated rings. The van der Waals surface area contributed by atoms with Gasteiger partial charge in [-0.2, -0.15) is 12.7 Å². The molecule has 0 aliphatic carbocycles. The highest BCUT2D eigenvalue weighted by atomic mass is 35.6. The van der Waals surface area contributed by atoms with Gasteiger partial charge in [-0.15, -0.1) is 0 Å². The molecule has 1 rings (SSSR count). The van der Waals surface area contributed by atoms with Crippen LogP contribution < -0.4 is 0 Å². The molecule has 0 radical (unpaired) electrons. The molecule has 0 aromatic rings. The van der Waals surface area contributed by atoms with E-state index in [0.29, 0.717) is 6.54 Å². The van der Waals surface area contributed by atoms with Crippen molar-refractivity contribution in [1.29, 1.82) is 0 Å². The van der Waals surface area contributed by atoms with Crippen LogP contribution >= 0.6 is 34.8 Å². The summed E-state index contributed by atoms with van der Waals surface area (Å²) in [6, 6.07) is 0.0374. The van der Waals surface area contributed by atoms with Gasteiger partial charge in [0.1, 0.15) is 6.61 Å². The molecule has 0 bridgehead atoms. The number of hydrogen-bond donors (Lipinski definition) is 0. The van der Waals surface area contributed by atoms with Gasteiger partial charge in [0.2, 0.25) is 3.79 Å². The first kappa shape index (κ1) is 12.8. The molecule has 4 nitrogen and oxygen atoms in total. The smallest absolute Gasteiger partial charge is 0.253 e. The van der Waals surface area contributed by atoms with E-state index in [1.54, 1.807) is 0 Å². The van der Waals surface area contributed by atoms with Crippen molar-refractivity contribution < 1.29 is 12.6 Å². The molecular weight excluding hydrogens is 272 g/mol. The highest BCUT2D eigenvalue weighted by Crippen LogP contribution is 2.30. The average Bonchev–Trinajstić information content (AvgIpc) is 2.78. The Hall–Kier alpha value is 0.740. The maximum Gasteiger partial charge on any atom is 0.338 e. The fourth-order valence-corrected chi connectivity index (χ4v) is 2.66. The third-order valence-electron chi connectivity index (χ3n) is 1.79. The number of rotatable bonds is 4. The molecule has 0 N–H and O–H groups in total. The predicted octanol–water partition coefficient (Wildman–Crippen LogP) is 1.71. The molecule has 8 heteroatoms. The number of nitrogens with zero attached hydrogens (tertiary/aromatic N) is 1. The van der Waals surface area contributed by atoms with Gasteiger partial charge in [-0.1, -0.05) is 41.7 Å². The molecule has 1 heterocycles. The summed E-state index contributed by atoms with van der Waals surface area (Å²) in [4.78, 5) is 0. The Labute approximate surface area is 98.3 Å². The second kappa shape index (κ2) is 4.31. The van der Waals surface area contributed by atoms with E-state index in [2.05, 4.69) is 4.18 Å². The summed E-state index contributed by atoms with van der Waals surface area (Å²) in [7, 11) is -3.70. The summed E-state index contributed by atoms with van der Waals surface area (Å²) in [5, 5.41) is 0. The second-order valence-corrected chi connectivity index (χ2v) is 7.04. The zero-order chi connectivity index (χ0) is 11.0. The standard InChI is InChI=1S/C6H10Cl3NO3S/c1-2-5-3-10(5)14(11,12)13-4-6(7,8)9/h5H,2-4H2,1H3. The third kappa shape index (κ3) is 3.72. The molecule has 0 aromatic carbocycles. The van der Waals surface area contributed by atoms with Crippen LogP contribution in [0.1, 0.15) is 13.3 Å². The van der Waals surface area contributed by atoms with Crippen molar-refractivity contribution in [2.75, 3.05) is 13.2 Å². The summed E-state index contributed by atoms with van der Waals surface area (Å²) in [5.74, 6) is 0. The van der Waals surface area contributed by atoms with Crippen molar-refractivity contribution in [3.05, 3.63) is 0 Å². The summed E-state index contributed by atoms with van der Waals surface area (Å²) in [6.45, 7) is 1.92. The molecule has 1 aliphatic heterocycles. The van der Waals surface area contributed by atoms with Crippen LogP contribution in [-0.2, 0) is 14.5 Å². The van der Waals surface area contributed by atoms with E-state index in [1.807, 2.05) is 6.92 Å². The Morgan fingerprint density at radius 2 is 2.07 bits per heavy atom. The second-order valence-electron chi connectivity index (χ2n) is 2.97. The van der Waals surface area contributed by atoms with Gasteiger partial charge in [0.05, 0.1) is 0 Å². The van der Waals surface area contributed by atoms with Crippen LogP contribution in [-0.4, -0.2) is 35.7 Å². The van der Waals surface area contributed by atoms with Crippen LogP contribution in [0.25, 0.3) is 0 Å². The van der Waals surface area contributed by atoms with Gasteiger partial charge in [0, 0.05) is 12.6 Å². The van der Waals surface area contributed by atoms with Gasteiger partial charge < -0.3 is 0 Å². The monoisotopic (exact) mass is 281 g/mol. The summed E-state index contributed by atoms with van der Waals surface area (Å²) in [6.07, 6.45) is 0.760. The molecule has 0 saturated carbocycles. The van der Waals surface area contributed by atoms with E-state index in [4.69, 9.17) is 34.8 Å². The zero-order valence-electron chi connectivity index (χ0n) is 7.41. The zero-order valence-corrected chi connectivity index (χ0v) is 10.5. The predicted molar refractivity (Wildman–Crippen MR) is 55.9 cm³/mol. The molecule has 0 aromatic heterocycles. The van der Waals surface area contributed by atoms with Crippen LogP contribution in [0.5, 0.6) is 0 Å². The molecule has 1 aliphatic rings. The van der Waals surface area contributed by atoms with Gasteiger partial charge in [0.15, 0.2) is 0 Å². The molecule has 14 heavy (non-hydrogen) atoms. The first-order valence-corrected chi connectivity index (χ1v) is 6.49. The Bertz CT molecular complexity index is 300. The summed E-state index contributed by atoms with van der Waals surface area (Å²) < 4.78 is 26.7. The van der Waals surface area contributed by atoms with E-state index >= 15 is 0 Å². The Morgan fingerprint density at radius 3 is 2.43 bits per heavy atom. The topological polar surface area (TPSA) is 46.4 Å². The maximum atomic E-state index is 11.3. The molecule has 84 valence electrons.